The first-order chi connectivity index (χ1) is 8.04. The van der Waals surface area contributed by atoms with Gasteiger partial charge in [-0.2, -0.15) is 0 Å². The molecular formula is C12H16O4S. The van der Waals surface area contributed by atoms with Gasteiger partial charge >= 0.3 is 5.97 Å². The standard InChI is InChI=1S/C12H16O4S/c1-3-9(2)10-4-6-11(7-5-10)17(15)16-8-12(13)14/h4-7,9H,3,8H2,1-2H3,(H,13,14). The van der Waals surface area contributed by atoms with Crippen LogP contribution < -0.4 is 0 Å². The van der Waals surface area contributed by atoms with Gasteiger partial charge in [0.15, 0.2) is 17.7 Å². The molecule has 0 spiro atoms. The number of hydrogen-bond donors (Lipinski definition) is 1. The van der Waals surface area contributed by atoms with E-state index in [-0.39, 0.29) is 0 Å². The molecule has 2 atom stereocenters. The lowest BCUT2D eigenvalue weighted by Crippen LogP contribution is -2.09. The Morgan fingerprint density at radius 2 is 2.00 bits per heavy atom. The SMILES string of the molecule is CCC(C)c1ccc(S(=O)OCC(=O)O)cc1. The zero-order valence-corrected chi connectivity index (χ0v) is 10.7. The van der Waals surface area contributed by atoms with E-state index in [1.165, 1.54) is 5.56 Å². The summed E-state index contributed by atoms with van der Waals surface area (Å²) < 4.78 is 16.2. The minimum Gasteiger partial charge on any atom is -0.479 e. The highest BCUT2D eigenvalue weighted by Gasteiger charge is 2.08. The Kier molecular flexibility index (Phi) is 5.31. The molecule has 0 aliphatic heterocycles. The first-order valence-corrected chi connectivity index (χ1v) is 6.49. The van der Waals surface area contributed by atoms with Crippen molar-refractivity contribution >= 4 is 17.0 Å². The second kappa shape index (κ2) is 6.51. The molecule has 17 heavy (non-hydrogen) atoms. The van der Waals surface area contributed by atoms with Crippen molar-refractivity contribution in [3.8, 4) is 0 Å². The van der Waals surface area contributed by atoms with Gasteiger partial charge in [0.2, 0.25) is 0 Å². The molecule has 0 fully saturated rings. The minimum atomic E-state index is -1.71. The van der Waals surface area contributed by atoms with Gasteiger partial charge in [-0.3, -0.25) is 4.18 Å². The van der Waals surface area contributed by atoms with Gasteiger partial charge in [-0.25, -0.2) is 9.00 Å². The molecule has 1 aromatic rings. The molecule has 4 nitrogen and oxygen atoms in total. The quantitative estimate of drug-likeness (QED) is 0.848. The number of carbonyl (C=O) groups is 1. The summed E-state index contributed by atoms with van der Waals surface area (Å²) in [6.45, 7) is 3.67. The van der Waals surface area contributed by atoms with Crippen LogP contribution >= 0.6 is 0 Å². The van der Waals surface area contributed by atoms with Crippen LogP contribution in [0.15, 0.2) is 29.2 Å². The molecule has 2 unspecified atom stereocenters. The molecule has 1 aromatic carbocycles. The topological polar surface area (TPSA) is 63.6 Å². The second-order valence-electron chi connectivity index (χ2n) is 3.77. The van der Waals surface area contributed by atoms with Crippen LogP contribution in [-0.2, 0) is 20.1 Å². The van der Waals surface area contributed by atoms with E-state index in [2.05, 4.69) is 18.0 Å². The number of carboxylic acid groups (broad SMARTS) is 1. The van der Waals surface area contributed by atoms with Gasteiger partial charge < -0.3 is 5.11 Å². The summed E-state index contributed by atoms with van der Waals surface area (Å²) >= 11 is -1.71. The van der Waals surface area contributed by atoms with Crippen LogP contribution in [0.1, 0.15) is 31.7 Å². The van der Waals surface area contributed by atoms with E-state index < -0.39 is 23.7 Å². The third-order valence-electron chi connectivity index (χ3n) is 2.54. The highest BCUT2D eigenvalue weighted by atomic mass is 32.2. The van der Waals surface area contributed by atoms with Crippen LogP contribution in [0.5, 0.6) is 0 Å². The lowest BCUT2D eigenvalue weighted by molar-refractivity contribution is -0.139. The lowest BCUT2D eigenvalue weighted by Gasteiger charge is -2.09. The van der Waals surface area contributed by atoms with Crippen LogP contribution in [0.4, 0.5) is 0 Å². The smallest absolute Gasteiger partial charge is 0.331 e. The molecule has 0 saturated heterocycles. The summed E-state index contributed by atoms with van der Waals surface area (Å²) in [6, 6.07) is 7.20. The predicted octanol–water partition coefficient (Wildman–Crippen LogP) is 2.32. The molecule has 0 saturated carbocycles. The van der Waals surface area contributed by atoms with Gasteiger partial charge in [0.05, 0.1) is 4.90 Å². The summed E-state index contributed by atoms with van der Waals surface area (Å²) in [7, 11) is 0. The van der Waals surface area contributed by atoms with Crippen LogP contribution in [0.25, 0.3) is 0 Å². The van der Waals surface area contributed by atoms with Gasteiger partial charge in [0, 0.05) is 0 Å². The number of hydrogen-bond acceptors (Lipinski definition) is 3. The fourth-order valence-electron chi connectivity index (χ4n) is 1.32. The van der Waals surface area contributed by atoms with Crippen molar-refractivity contribution in [2.75, 3.05) is 6.61 Å². The Balaban J connectivity index is 2.67. The van der Waals surface area contributed by atoms with E-state index in [1.54, 1.807) is 12.1 Å². The molecule has 0 bridgehead atoms. The van der Waals surface area contributed by atoms with Crippen molar-refractivity contribution in [3.05, 3.63) is 29.8 Å². The van der Waals surface area contributed by atoms with E-state index in [0.29, 0.717) is 10.8 Å². The maximum atomic E-state index is 11.5. The predicted molar refractivity (Wildman–Crippen MR) is 65.1 cm³/mol. The lowest BCUT2D eigenvalue weighted by atomic mass is 9.99. The number of benzene rings is 1. The maximum Gasteiger partial charge on any atom is 0.331 e. The second-order valence-corrected chi connectivity index (χ2v) is 4.95. The summed E-state index contributed by atoms with van der Waals surface area (Å²) in [5.74, 6) is -0.674. The average Bonchev–Trinajstić information content (AvgIpc) is 2.35. The van der Waals surface area contributed by atoms with Crippen LogP contribution in [0.2, 0.25) is 0 Å². The van der Waals surface area contributed by atoms with Gasteiger partial charge in [-0.1, -0.05) is 26.0 Å². The molecule has 0 aliphatic carbocycles. The third kappa shape index (κ3) is 4.28. The molecule has 0 aliphatic rings. The fourth-order valence-corrected chi connectivity index (χ4v) is 2.02. The number of carboxylic acids is 1. The minimum absolute atomic E-state index is 0.456. The zero-order valence-electron chi connectivity index (χ0n) is 9.88. The third-order valence-corrected chi connectivity index (χ3v) is 3.53. The zero-order chi connectivity index (χ0) is 12.8. The van der Waals surface area contributed by atoms with Crippen LogP contribution in [0, 0.1) is 0 Å². The molecule has 0 amide bonds. The molecule has 1 N–H and O–H groups in total. The molecule has 5 heteroatoms. The highest BCUT2D eigenvalue weighted by Crippen LogP contribution is 2.20. The number of rotatable bonds is 6. The molecule has 0 heterocycles. The molecule has 0 radical (unpaired) electrons. The Bertz CT molecular complexity index is 399. The van der Waals surface area contributed by atoms with Crippen molar-refractivity contribution in [1.82, 2.24) is 0 Å². The fraction of sp³-hybridized carbons (Fsp3) is 0.417. The summed E-state index contributed by atoms with van der Waals surface area (Å²) in [5, 5.41) is 8.40. The van der Waals surface area contributed by atoms with E-state index in [9.17, 15) is 9.00 Å². The van der Waals surface area contributed by atoms with Crippen LogP contribution in [0.3, 0.4) is 0 Å². The monoisotopic (exact) mass is 256 g/mol. The number of aliphatic carboxylic acids is 1. The highest BCUT2D eigenvalue weighted by molar-refractivity contribution is 7.80. The van der Waals surface area contributed by atoms with Crippen molar-refractivity contribution in [2.24, 2.45) is 0 Å². The van der Waals surface area contributed by atoms with Crippen molar-refractivity contribution in [3.63, 3.8) is 0 Å². The Morgan fingerprint density at radius 3 is 2.47 bits per heavy atom. The molecule has 94 valence electrons. The summed E-state index contributed by atoms with van der Waals surface area (Å²) in [5.41, 5.74) is 1.17. The van der Waals surface area contributed by atoms with Crippen LogP contribution in [-0.4, -0.2) is 21.9 Å². The van der Waals surface area contributed by atoms with Gasteiger partial charge in [0.1, 0.15) is 0 Å². The maximum absolute atomic E-state index is 11.5. The van der Waals surface area contributed by atoms with Gasteiger partial charge in [-0.15, -0.1) is 0 Å². The Morgan fingerprint density at radius 1 is 1.41 bits per heavy atom. The molecular weight excluding hydrogens is 240 g/mol. The normalized spacial score (nSPS) is 14.2. The van der Waals surface area contributed by atoms with Gasteiger partial charge in [0.25, 0.3) is 0 Å². The molecule has 1 rings (SSSR count). The van der Waals surface area contributed by atoms with E-state index in [1.807, 2.05) is 12.1 Å². The Labute approximate surface area is 103 Å². The summed E-state index contributed by atoms with van der Waals surface area (Å²) in [4.78, 5) is 10.7. The van der Waals surface area contributed by atoms with Gasteiger partial charge in [-0.05, 0) is 30.0 Å². The van der Waals surface area contributed by atoms with E-state index >= 15 is 0 Å². The molecule has 0 aromatic heterocycles. The van der Waals surface area contributed by atoms with E-state index in [4.69, 9.17) is 5.11 Å². The largest absolute Gasteiger partial charge is 0.479 e. The van der Waals surface area contributed by atoms with Crippen molar-refractivity contribution in [1.29, 1.82) is 0 Å². The first-order valence-electron chi connectivity index (χ1n) is 5.41. The van der Waals surface area contributed by atoms with Crippen molar-refractivity contribution in [2.45, 2.75) is 31.1 Å². The van der Waals surface area contributed by atoms with Crippen molar-refractivity contribution < 1.29 is 18.3 Å². The summed E-state index contributed by atoms with van der Waals surface area (Å²) in [6.07, 6.45) is 1.04. The Hall–Kier alpha value is -1.20. The first kappa shape index (κ1) is 13.9. The van der Waals surface area contributed by atoms with E-state index in [0.717, 1.165) is 6.42 Å². The average molecular weight is 256 g/mol.